The maximum absolute atomic E-state index is 3.44. The molecule has 1 heterocycles. The topological polar surface area (TPSA) is 12.0 Å². The molecule has 2 aromatic carbocycles. The first-order chi connectivity index (χ1) is 7.38. The van der Waals surface area contributed by atoms with Crippen molar-refractivity contribution in [2.24, 2.45) is 0 Å². The number of hydrogen-bond acceptors (Lipinski definition) is 2. The van der Waals surface area contributed by atoms with E-state index >= 15 is 0 Å². The third-order valence-corrected chi connectivity index (χ3v) is 3.36. The van der Waals surface area contributed by atoms with Gasteiger partial charge < -0.3 is 5.32 Å². The summed E-state index contributed by atoms with van der Waals surface area (Å²) in [5.74, 6) is 0. The Hall–Kier alpha value is -1.41. The van der Waals surface area contributed by atoms with E-state index in [9.17, 15) is 0 Å². The predicted octanol–water partition coefficient (Wildman–Crippen LogP) is 3.93. The van der Waals surface area contributed by atoms with Gasteiger partial charge in [-0.15, -0.1) is 11.8 Å². The fraction of sp³-hybridized carbons (Fsp3) is 0.0769. The highest BCUT2D eigenvalue weighted by Crippen LogP contribution is 2.35. The summed E-state index contributed by atoms with van der Waals surface area (Å²) in [6.45, 7) is 0. The van der Waals surface area contributed by atoms with E-state index in [2.05, 4.69) is 54.0 Å². The van der Waals surface area contributed by atoms with Crippen molar-refractivity contribution in [2.45, 2.75) is 0 Å². The molecule has 1 nitrogen and oxygen atoms in total. The Morgan fingerprint density at radius 2 is 1.87 bits per heavy atom. The van der Waals surface area contributed by atoms with Crippen molar-refractivity contribution in [3.8, 4) is 0 Å². The molecule has 0 saturated carbocycles. The van der Waals surface area contributed by atoms with E-state index in [1.165, 1.54) is 27.1 Å². The first kappa shape index (κ1) is 8.86. The van der Waals surface area contributed by atoms with E-state index in [4.69, 9.17) is 0 Å². The molecule has 0 aromatic heterocycles. The molecule has 0 spiro atoms. The van der Waals surface area contributed by atoms with Gasteiger partial charge in [-0.25, -0.2) is 0 Å². The van der Waals surface area contributed by atoms with E-state index in [0.29, 0.717) is 0 Å². The van der Waals surface area contributed by atoms with Gasteiger partial charge in [-0.05, 0) is 29.3 Å². The van der Waals surface area contributed by atoms with Gasteiger partial charge in [0.05, 0.1) is 5.03 Å². The van der Waals surface area contributed by atoms with Crippen LogP contribution in [0.4, 0.5) is 5.69 Å². The molecule has 0 saturated heterocycles. The predicted molar refractivity (Wildman–Crippen MR) is 69.1 cm³/mol. The van der Waals surface area contributed by atoms with Gasteiger partial charge in [0.25, 0.3) is 0 Å². The van der Waals surface area contributed by atoms with Gasteiger partial charge in [0, 0.05) is 11.1 Å². The fourth-order valence-electron chi connectivity index (χ4n) is 2.01. The summed E-state index contributed by atoms with van der Waals surface area (Å²) in [6.07, 6.45) is 4.30. The molecule has 0 radical (unpaired) electrons. The smallest absolute Gasteiger partial charge is 0.0729 e. The molecule has 1 aliphatic rings. The van der Waals surface area contributed by atoms with Gasteiger partial charge >= 0.3 is 0 Å². The van der Waals surface area contributed by atoms with Gasteiger partial charge in [0.15, 0.2) is 0 Å². The summed E-state index contributed by atoms with van der Waals surface area (Å²) in [7, 11) is 0. The summed E-state index contributed by atoms with van der Waals surface area (Å²) >= 11 is 1.74. The van der Waals surface area contributed by atoms with E-state index in [0.717, 1.165) is 0 Å². The van der Waals surface area contributed by atoms with Crippen LogP contribution in [0.15, 0.2) is 41.4 Å². The van der Waals surface area contributed by atoms with E-state index < -0.39 is 0 Å². The van der Waals surface area contributed by atoms with Crippen LogP contribution in [0.3, 0.4) is 0 Å². The SMILES string of the molecule is CSC1=Cc2cccc3cccc(c23)N1. The minimum atomic E-state index is 1.21. The lowest BCUT2D eigenvalue weighted by Gasteiger charge is -2.18. The molecular formula is C13H11NS. The highest BCUT2D eigenvalue weighted by Gasteiger charge is 2.11. The molecule has 74 valence electrons. The van der Waals surface area contributed by atoms with E-state index in [1.54, 1.807) is 11.8 Å². The number of benzene rings is 2. The molecule has 15 heavy (non-hydrogen) atoms. The fourth-order valence-corrected chi connectivity index (χ4v) is 2.47. The summed E-state index contributed by atoms with van der Waals surface area (Å²) in [5.41, 5.74) is 2.53. The van der Waals surface area contributed by atoms with Crippen LogP contribution in [-0.4, -0.2) is 6.26 Å². The van der Waals surface area contributed by atoms with E-state index in [1.807, 2.05) is 0 Å². The summed E-state index contributed by atoms with van der Waals surface area (Å²) in [6, 6.07) is 12.8. The Balaban J connectivity index is 2.38. The van der Waals surface area contributed by atoms with Crippen LogP contribution in [0.5, 0.6) is 0 Å². The van der Waals surface area contributed by atoms with Crippen molar-refractivity contribution in [3.63, 3.8) is 0 Å². The second-order valence-corrected chi connectivity index (χ2v) is 4.44. The zero-order valence-corrected chi connectivity index (χ0v) is 9.27. The van der Waals surface area contributed by atoms with Crippen LogP contribution < -0.4 is 5.32 Å². The molecule has 0 unspecified atom stereocenters. The minimum Gasteiger partial charge on any atom is -0.350 e. The third kappa shape index (κ3) is 1.33. The minimum absolute atomic E-state index is 1.21. The number of hydrogen-bond donors (Lipinski definition) is 1. The molecule has 0 amide bonds. The third-order valence-electron chi connectivity index (χ3n) is 2.70. The van der Waals surface area contributed by atoms with Crippen LogP contribution in [0, 0.1) is 0 Å². The quantitative estimate of drug-likeness (QED) is 0.770. The second kappa shape index (κ2) is 3.31. The first-order valence-electron chi connectivity index (χ1n) is 4.93. The molecule has 0 bridgehead atoms. The van der Waals surface area contributed by atoms with Crippen LogP contribution in [0.2, 0.25) is 0 Å². The molecule has 2 heteroatoms. The van der Waals surface area contributed by atoms with Crippen LogP contribution in [-0.2, 0) is 0 Å². The lowest BCUT2D eigenvalue weighted by atomic mass is 10.0. The van der Waals surface area contributed by atoms with Gasteiger partial charge in [0.1, 0.15) is 0 Å². The Kier molecular flexibility index (Phi) is 1.96. The Morgan fingerprint density at radius 1 is 1.07 bits per heavy atom. The molecule has 0 atom stereocenters. The van der Waals surface area contributed by atoms with Crippen LogP contribution >= 0.6 is 11.8 Å². The van der Waals surface area contributed by atoms with Gasteiger partial charge in [-0.2, -0.15) is 0 Å². The average Bonchev–Trinajstić information content (AvgIpc) is 2.29. The molecule has 0 aliphatic carbocycles. The monoisotopic (exact) mass is 213 g/mol. The maximum Gasteiger partial charge on any atom is 0.0729 e. The molecule has 3 rings (SSSR count). The average molecular weight is 213 g/mol. The summed E-state index contributed by atoms with van der Waals surface area (Å²) in [5, 5.41) is 7.28. The zero-order chi connectivity index (χ0) is 10.3. The largest absolute Gasteiger partial charge is 0.350 e. The van der Waals surface area contributed by atoms with Gasteiger partial charge in [-0.1, -0.05) is 30.3 Å². The van der Waals surface area contributed by atoms with Gasteiger partial charge in [-0.3, -0.25) is 0 Å². The first-order valence-corrected chi connectivity index (χ1v) is 6.15. The molecule has 2 aromatic rings. The Morgan fingerprint density at radius 3 is 2.67 bits per heavy atom. The number of nitrogens with one attached hydrogen (secondary N) is 1. The normalized spacial score (nSPS) is 13.5. The second-order valence-electron chi connectivity index (χ2n) is 3.59. The highest BCUT2D eigenvalue weighted by molar-refractivity contribution is 8.02. The Bertz CT molecular complexity index is 552. The van der Waals surface area contributed by atoms with Gasteiger partial charge in [0.2, 0.25) is 0 Å². The number of anilines is 1. The van der Waals surface area contributed by atoms with Crippen LogP contribution in [0.25, 0.3) is 16.8 Å². The number of thioether (sulfide) groups is 1. The van der Waals surface area contributed by atoms with Crippen LogP contribution in [0.1, 0.15) is 5.56 Å². The maximum atomic E-state index is 3.44. The lowest BCUT2D eigenvalue weighted by Crippen LogP contribution is -2.01. The van der Waals surface area contributed by atoms with Crippen molar-refractivity contribution < 1.29 is 0 Å². The van der Waals surface area contributed by atoms with Crippen molar-refractivity contribution in [1.29, 1.82) is 0 Å². The molecular weight excluding hydrogens is 202 g/mol. The van der Waals surface area contributed by atoms with E-state index in [-0.39, 0.29) is 0 Å². The van der Waals surface area contributed by atoms with Crippen molar-refractivity contribution in [3.05, 3.63) is 47.0 Å². The van der Waals surface area contributed by atoms with Crippen molar-refractivity contribution in [2.75, 3.05) is 11.6 Å². The number of rotatable bonds is 1. The standard InChI is InChI=1S/C13H11NS/c1-15-12-8-10-6-2-4-9-5-3-7-11(14-12)13(9)10/h2-8,14H,1H3. The zero-order valence-electron chi connectivity index (χ0n) is 8.45. The summed E-state index contributed by atoms with van der Waals surface area (Å²) < 4.78 is 0. The molecule has 1 aliphatic heterocycles. The lowest BCUT2D eigenvalue weighted by molar-refractivity contribution is 1.56. The molecule has 1 N–H and O–H groups in total. The summed E-state index contributed by atoms with van der Waals surface area (Å²) in [4.78, 5) is 0. The van der Waals surface area contributed by atoms with Crippen molar-refractivity contribution in [1.82, 2.24) is 0 Å². The van der Waals surface area contributed by atoms with Crippen molar-refractivity contribution >= 4 is 34.3 Å². The highest BCUT2D eigenvalue weighted by atomic mass is 32.2. The molecule has 0 fully saturated rings. The Labute approximate surface area is 93.2 Å².